The molecule has 18 heavy (non-hydrogen) atoms. The van der Waals surface area contributed by atoms with E-state index in [1.165, 1.54) is 19.1 Å². The molecule has 0 fully saturated rings. The number of urea groups is 1. The molecule has 0 bridgehead atoms. The van der Waals surface area contributed by atoms with Crippen molar-refractivity contribution in [2.45, 2.75) is 6.92 Å². The molecule has 0 aliphatic rings. The van der Waals surface area contributed by atoms with Gasteiger partial charge >= 0.3 is 12.0 Å². The first-order chi connectivity index (χ1) is 8.41. The van der Waals surface area contributed by atoms with E-state index in [4.69, 9.17) is 16.7 Å². The predicted octanol–water partition coefficient (Wildman–Crippen LogP) is 2.32. The van der Waals surface area contributed by atoms with Crippen LogP contribution in [-0.4, -0.2) is 23.7 Å². The SMILES string of the molecule is CC(CNC(=O)Nc1c(F)cccc1Cl)C(=O)O. The van der Waals surface area contributed by atoms with E-state index in [-0.39, 0.29) is 17.3 Å². The van der Waals surface area contributed by atoms with Crippen molar-refractivity contribution in [3.63, 3.8) is 0 Å². The van der Waals surface area contributed by atoms with E-state index in [1.807, 2.05) is 0 Å². The van der Waals surface area contributed by atoms with E-state index in [0.29, 0.717) is 0 Å². The van der Waals surface area contributed by atoms with Crippen LogP contribution in [0.3, 0.4) is 0 Å². The Morgan fingerprint density at radius 3 is 2.72 bits per heavy atom. The number of para-hydroxylation sites is 1. The van der Waals surface area contributed by atoms with Gasteiger partial charge in [-0.05, 0) is 12.1 Å². The maximum Gasteiger partial charge on any atom is 0.319 e. The van der Waals surface area contributed by atoms with Gasteiger partial charge in [-0.1, -0.05) is 24.6 Å². The zero-order chi connectivity index (χ0) is 13.7. The van der Waals surface area contributed by atoms with Gasteiger partial charge in [0.15, 0.2) is 0 Å². The van der Waals surface area contributed by atoms with Crippen LogP contribution >= 0.6 is 11.6 Å². The third kappa shape index (κ3) is 3.89. The Morgan fingerprint density at radius 2 is 2.17 bits per heavy atom. The zero-order valence-electron chi connectivity index (χ0n) is 9.54. The molecule has 0 heterocycles. The summed E-state index contributed by atoms with van der Waals surface area (Å²) in [7, 11) is 0. The van der Waals surface area contributed by atoms with Gasteiger partial charge in [-0.3, -0.25) is 4.79 Å². The van der Waals surface area contributed by atoms with Gasteiger partial charge in [0, 0.05) is 6.54 Å². The highest BCUT2D eigenvalue weighted by molar-refractivity contribution is 6.33. The number of hydrogen-bond donors (Lipinski definition) is 3. The standard InChI is InChI=1S/C11H12ClFN2O3/c1-6(10(16)17)5-14-11(18)15-9-7(12)3-2-4-8(9)13/h2-4,6H,5H2,1H3,(H,16,17)(H2,14,15,18). The number of carboxylic acids is 1. The number of amides is 2. The monoisotopic (exact) mass is 274 g/mol. The molecule has 7 heteroatoms. The smallest absolute Gasteiger partial charge is 0.319 e. The summed E-state index contributed by atoms with van der Waals surface area (Å²) in [5, 5.41) is 13.2. The first kappa shape index (κ1) is 14.2. The van der Waals surface area contributed by atoms with Crippen LogP contribution in [0.1, 0.15) is 6.92 Å². The van der Waals surface area contributed by atoms with Crippen LogP contribution in [0.5, 0.6) is 0 Å². The summed E-state index contributed by atoms with van der Waals surface area (Å²) in [6.07, 6.45) is 0. The second-order valence-electron chi connectivity index (χ2n) is 3.67. The summed E-state index contributed by atoms with van der Waals surface area (Å²) in [5.41, 5.74) is -0.139. The van der Waals surface area contributed by atoms with E-state index in [0.717, 1.165) is 6.07 Å². The summed E-state index contributed by atoms with van der Waals surface area (Å²) >= 11 is 5.71. The van der Waals surface area contributed by atoms with Crippen molar-refractivity contribution >= 4 is 29.3 Å². The van der Waals surface area contributed by atoms with Crippen LogP contribution in [0.2, 0.25) is 5.02 Å². The Kier molecular flexibility index (Phi) is 4.91. The first-order valence-corrected chi connectivity index (χ1v) is 5.51. The van der Waals surface area contributed by atoms with Crippen LogP contribution in [0.4, 0.5) is 14.9 Å². The van der Waals surface area contributed by atoms with E-state index in [9.17, 15) is 14.0 Å². The summed E-state index contributed by atoms with van der Waals surface area (Å²) in [5.74, 6) is -2.42. The Hall–Kier alpha value is -1.82. The molecule has 1 rings (SSSR count). The van der Waals surface area contributed by atoms with Crippen molar-refractivity contribution in [1.29, 1.82) is 0 Å². The lowest BCUT2D eigenvalue weighted by atomic mass is 10.2. The number of carboxylic acid groups (broad SMARTS) is 1. The van der Waals surface area contributed by atoms with E-state index in [2.05, 4.69) is 10.6 Å². The van der Waals surface area contributed by atoms with Crippen LogP contribution < -0.4 is 10.6 Å². The minimum absolute atomic E-state index is 0.0623. The molecule has 0 aromatic heterocycles. The van der Waals surface area contributed by atoms with Gasteiger partial charge < -0.3 is 15.7 Å². The molecule has 0 aliphatic heterocycles. The molecule has 1 aromatic carbocycles. The number of carbonyl (C=O) groups excluding carboxylic acids is 1. The Balaban J connectivity index is 2.58. The fraction of sp³-hybridized carbons (Fsp3) is 0.273. The van der Waals surface area contributed by atoms with Crippen LogP contribution in [0.15, 0.2) is 18.2 Å². The highest BCUT2D eigenvalue weighted by Crippen LogP contribution is 2.24. The van der Waals surface area contributed by atoms with E-state index < -0.39 is 23.7 Å². The van der Waals surface area contributed by atoms with Crippen molar-refractivity contribution in [1.82, 2.24) is 5.32 Å². The first-order valence-electron chi connectivity index (χ1n) is 5.13. The maximum absolute atomic E-state index is 13.3. The summed E-state index contributed by atoms with van der Waals surface area (Å²) in [6.45, 7) is 1.38. The molecular formula is C11H12ClFN2O3. The number of halogens is 2. The Morgan fingerprint density at radius 1 is 1.50 bits per heavy atom. The average Bonchev–Trinajstić information content (AvgIpc) is 2.30. The van der Waals surface area contributed by atoms with Gasteiger partial charge in [0.05, 0.1) is 16.6 Å². The van der Waals surface area contributed by atoms with Gasteiger partial charge in [-0.2, -0.15) is 0 Å². The highest BCUT2D eigenvalue weighted by atomic mass is 35.5. The van der Waals surface area contributed by atoms with Gasteiger partial charge in [-0.25, -0.2) is 9.18 Å². The molecule has 5 nitrogen and oxygen atoms in total. The summed E-state index contributed by atoms with van der Waals surface area (Å²) in [4.78, 5) is 21.9. The fourth-order valence-electron chi connectivity index (χ4n) is 1.11. The van der Waals surface area contributed by atoms with Gasteiger partial charge in [0.25, 0.3) is 0 Å². The Labute approximate surface area is 108 Å². The van der Waals surface area contributed by atoms with Crippen LogP contribution in [0, 0.1) is 11.7 Å². The number of aliphatic carboxylic acids is 1. The number of rotatable bonds is 4. The third-order valence-corrected chi connectivity index (χ3v) is 2.51. The molecular weight excluding hydrogens is 263 g/mol. The lowest BCUT2D eigenvalue weighted by Crippen LogP contribution is -2.34. The van der Waals surface area contributed by atoms with Crippen molar-refractivity contribution in [2.75, 3.05) is 11.9 Å². The number of carbonyl (C=O) groups is 2. The second-order valence-corrected chi connectivity index (χ2v) is 4.08. The van der Waals surface area contributed by atoms with Crippen molar-refractivity contribution in [3.8, 4) is 0 Å². The number of nitrogens with one attached hydrogen (secondary N) is 2. The van der Waals surface area contributed by atoms with Gasteiger partial charge in [0.2, 0.25) is 0 Å². The molecule has 98 valence electrons. The van der Waals surface area contributed by atoms with Crippen molar-refractivity contribution in [2.24, 2.45) is 5.92 Å². The lowest BCUT2D eigenvalue weighted by molar-refractivity contribution is -0.140. The topological polar surface area (TPSA) is 78.4 Å². The Bertz CT molecular complexity index is 447. The average molecular weight is 275 g/mol. The molecule has 0 saturated heterocycles. The number of anilines is 1. The molecule has 0 radical (unpaired) electrons. The molecule has 1 unspecified atom stereocenters. The molecule has 0 spiro atoms. The third-order valence-electron chi connectivity index (χ3n) is 2.19. The van der Waals surface area contributed by atoms with Crippen molar-refractivity contribution < 1.29 is 19.1 Å². The minimum Gasteiger partial charge on any atom is -0.481 e. The maximum atomic E-state index is 13.3. The quantitative estimate of drug-likeness (QED) is 0.788. The van der Waals surface area contributed by atoms with Gasteiger partial charge in [-0.15, -0.1) is 0 Å². The largest absolute Gasteiger partial charge is 0.481 e. The van der Waals surface area contributed by atoms with E-state index >= 15 is 0 Å². The van der Waals surface area contributed by atoms with Crippen molar-refractivity contribution in [3.05, 3.63) is 29.0 Å². The molecule has 0 saturated carbocycles. The summed E-state index contributed by atoms with van der Waals surface area (Å²) < 4.78 is 13.3. The molecule has 2 amide bonds. The second kappa shape index (κ2) is 6.20. The van der Waals surface area contributed by atoms with Crippen LogP contribution in [0.25, 0.3) is 0 Å². The van der Waals surface area contributed by atoms with E-state index in [1.54, 1.807) is 0 Å². The van der Waals surface area contributed by atoms with Gasteiger partial charge in [0.1, 0.15) is 5.82 Å². The minimum atomic E-state index is -1.03. The molecule has 0 aliphatic carbocycles. The highest BCUT2D eigenvalue weighted by Gasteiger charge is 2.14. The van der Waals surface area contributed by atoms with Crippen LogP contribution in [-0.2, 0) is 4.79 Å². The molecule has 1 aromatic rings. The number of benzene rings is 1. The number of hydrogen-bond acceptors (Lipinski definition) is 2. The zero-order valence-corrected chi connectivity index (χ0v) is 10.3. The summed E-state index contributed by atoms with van der Waals surface area (Å²) in [6, 6.07) is 3.28. The lowest BCUT2D eigenvalue weighted by Gasteiger charge is -2.11. The molecule has 3 N–H and O–H groups in total. The normalized spacial score (nSPS) is 11.7. The molecule has 1 atom stereocenters. The predicted molar refractivity (Wildman–Crippen MR) is 65.2 cm³/mol. The fourth-order valence-corrected chi connectivity index (χ4v) is 1.32.